The topological polar surface area (TPSA) is 75.7 Å². The summed E-state index contributed by atoms with van der Waals surface area (Å²) in [6.07, 6.45) is 3.80. The van der Waals surface area contributed by atoms with Crippen LogP contribution in [0.3, 0.4) is 0 Å². The van der Waals surface area contributed by atoms with E-state index in [1.165, 1.54) is 0 Å². The maximum absolute atomic E-state index is 12.7. The Morgan fingerprint density at radius 3 is 2.43 bits per heavy atom. The number of esters is 1. The Balaban J connectivity index is 2.00. The second kappa shape index (κ2) is 6.49. The fourth-order valence-electron chi connectivity index (χ4n) is 3.53. The first-order chi connectivity index (χ1) is 10.7. The van der Waals surface area contributed by atoms with Gasteiger partial charge < -0.3 is 10.1 Å². The molecule has 1 spiro atoms. The lowest BCUT2D eigenvalue weighted by atomic mass is 9.67. The van der Waals surface area contributed by atoms with E-state index in [2.05, 4.69) is 26.1 Å². The molecule has 6 heteroatoms. The van der Waals surface area contributed by atoms with Gasteiger partial charge in [0.15, 0.2) is 0 Å². The van der Waals surface area contributed by atoms with E-state index < -0.39 is 17.5 Å². The molecule has 1 aliphatic heterocycles. The molecule has 1 heterocycles. The summed E-state index contributed by atoms with van der Waals surface area (Å²) >= 11 is 0. The maximum Gasteiger partial charge on any atom is 0.326 e. The standard InChI is InChI=1S/C17H28N2O4/c1-5-10-23-13(20)11-19-14(21)17(18-15(19)22)8-6-12(7-9-17)16(2,3)4/h12H,5-11H2,1-4H3,(H,18,22). The molecule has 1 aliphatic carbocycles. The zero-order valence-electron chi connectivity index (χ0n) is 14.6. The third-order valence-corrected chi connectivity index (χ3v) is 5.06. The molecule has 2 rings (SSSR count). The third kappa shape index (κ3) is 3.67. The zero-order valence-corrected chi connectivity index (χ0v) is 14.6. The second-order valence-corrected chi connectivity index (χ2v) is 7.76. The van der Waals surface area contributed by atoms with E-state index in [0.717, 1.165) is 17.7 Å². The third-order valence-electron chi connectivity index (χ3n) is 5.06. The summed E-state index contributed by atoms with van der Waals surface area (Å²) in [5.41, 5.74) is -0.610. The van der Waals surface area contributed by atoms with E-state index >= 15 is 0 Å². The molecule has 1 saturated heterocycles. The van der Waals surface area contributed by atoms with Gasteiger partial charge in [0.25, 0.3) is 5.91 Å². The fraction of sp³-hybridized carbons (Fsp3) is 0.824. The number of rotatable bonds is 4. The number of ether oxygens (including phenoxy) is 1. The number of urea groups is 1. The molecule has 0 aromatic heterocycles. The summed E-state index contributed by atoms with van der Waals surface area (Å²) in [5, 5.41) is 2.83. The van der Waals surface area contributed by atoms with E-state index in [9.17, 15) is 14.4 Å². The van der Waals surface area contributed by atoms with E-state index in [-0.39, 0.29) is 17.9 Å². The van der Waals surface area contributed by atoms with Crippen molar-refractivity contribution < 1.29 is 19.1 Å². The van der Waals surface area contributed by atoms with Crippen molar-refractivity contribution in [2.75, 3.05) is 13.2 Å². The summed E-state index contributed by atoms with van der Waals surface area (Å²) in [6.45, 7) is 8.53. The molecule has 23 heavy (non-hydrogen) atoms. The first-order valence-electron chi connectivity index (χ1n) is 8.49. The highest BCUT2D eigenvalue weighted by molar-refractivity contribution is 6.08. The smallest absolute Gasteiger partial charge is 0.326 e. The number of carbonyl (C=O) groups excluding carboxylic acids is 3. The molecule has 0 aromatic carbocycles. The van der Waals surface area contributed by atoms with Gasteiger partial charge in [-0.1, -0.05) is 27.7 Å². The molecule has 130 valence electrons. The average molecular weight is 324 g/mol. The minimum atomic E-state index is -0.816. The van der Waals surface area contributed by atoms with Crippen LogP contribution in [0.4, 0.5) is 4.79 Å². The van der Waals surface area contributed by atoms with E-state index in [1.54, 1.807) is 0 Å². The number of hydrogen-bond acceptors (Lipinski definition) is 4. The Morgan fingerprint density at radius 2 is 1.91 bits per heavy atom. The van der Waals surface area contributed by atoms with E-state index in [0.29, 0.717) is 31.8 Å². The van der Waals surface area contributed by atoms with Gasteiger partial charge >= 0.3 is 12.0 Å². The fourth-order valence-corrected chi connectivity index (χ4v) is 3.53. The molecule has 1 N–H and O–H groups in total. The SMILES string of the molecule is CCCOC(=O)CN1C(=O)NC2(CCC(C(C)(C)C)CC2)C1=O. The predicted octanol–water partition coefficient (Wildman–Crippen LogP) is 2.47. The van der Waals surface area contributed by atoms with Crippen LogP contribution in [-0.4, -0.2) is 41.5 Å². The van der Waals surface area contributed by atoms with Gasteiger partial charge in [0.2, 0.25) is 0 Å². The Kier molecular flexibility index (Phi) is 5.01. The Bertz CT molecular complexity index is 487. The molecule has 0 unspecified atom stereocenters. The first kappa shape index (κ1) is 17.8. The average Bonchev–Trinajstić information content (AvgIpc) is 2.69. The lowest BCUT2D eigenvalue weighted by Crippen LogP contribution is -2.50. The number of amides is 3. The molecule has 2 aliphatic rings. The van der Waals surface area contributed by atoms with Crippen LogP contribution in [0.1, 0.15) is 59.8 Å². The number of nitrogens with one attached hydrogen (secondary N) is 1. The minimum absolute atomic E-state index is 0.205. The first-order valence-corrected chi connectivity index (χ1v) is 8.49. The van der Waals surface area contributed by atoms with Gasteiger partial charge in [-0.2, -0.15) is 0 Å². The van der Waals surface area contributed by atoms with Crippen molar-refractivity contribution in [3.05, 3.63) is 0 Å². The highest BCUT2D eigenvalue weighted by Gasteiger charge is 2.53. The van der Waals surface area contributed by atoms with Gasteiger partial charge in [-0.25, -0.2) is 4.79 Å². The van der Waals surface area contributed by atoms with Crippen molar-refractivity contribution >= 4 is 17.9 Å². The van der Waals surface area contributed by atoms with Crippen molar-refractivity contribution in [1.29, 1.82) is 0 Å². The van der Waals surface area contributed by atoms with Crippen LogP contribution in [-0.2, 0) is 14.3 Å². The van der Waals surface area contributed by atoms with Crippen molar-refractivity contribution in [2.45, 2.75) is 65.3 Å². The molecular weight excluding hydrogens is 296 g/mol. The van der Waals surface area contributed by atoms with Crippen LogP contribution < -0.4 is 5.32 Å². The summed E-state index contributed by atoms with van der Waals surface area (Å²) < 4.78 is 4.97. The molecular formula is C17H28N2O4. The molecule has 2 fully saturated rings. The molecule has 1 saturated carbocycles. The van der Waals surface area contributed by atoms with Crippen molar-refractivity contribution in [3.63, 3.8) is 0 Å². The predicted molar refractivity (Wildman–Crippen MR) is 85.6 cm³/mol. The Hall–Kier alpha value is -1.59. The number of imide groups is 1. The zero-order chi connectivity index (χ0) is 17.3. The highest BCUT2D eigenvalue weighted by atomic mass is 16.5. The van der Waals surface area contributed by atoms with Crippen molar-refractivity contribution in [2.24, 2.45) is 11.3 Å². The summed E-state index contributed by atoms with van der Waals surface area (Å²) in [7, 11) is 0. The van der Waals surface area contributed by atoms with Gasteiger partial charge in [-0.15, -0.1) is 0 Å². The van der Waals surface area contributed by atoms with E-state index in [1.807, 2.05) is 6.92 Å². The second-order valence-electron chi connectivity index (χ2n) is 7.76. The van der Waals surface area contributed by atoms with Crippen molar-refractivity contribution in [1.82, 2.24) is 10.2 Å². The maximum atomic E-state index is 12.7. The molecule has 0 aromatic rings. The van der Waals surface area contributed by atoms with Gasteiger partial charge in [0.1, 0.15) is 12.1 Å². The quantitative estimate of drug-likeness (QED) is 0.637. The molecule has 0 bridgehead atoms. The normalized spacial score (nSPS) is 28.2. The Morgan fingerprint density at radius 1 is 1.30 bits per heavy atom. The van der Waals surface area contributed by atoms with Crippen LogP contribution in [0.2, 0.25) is 0 Å². The van der Waals surface area contributed by atoms with Gasteiger partial charge in [-0.3, -0.25) is 14.5 Å². The van der Waals surface area contributed by atoms with Crippen LogP contribution in [0.5, 0.6) is 0 Å². The highest BCUT2D eigenvalue weighted by Crippen LogP contribution is 2.43. The summed E-state index contributed by atoms with van der Waals surface area (Å²) in [4.78, 5) is 37.5. The van der Waals surface area contributed by atoms with Gasteiger partial charge in [0.05, 0.1) is 6.61 Å². The molecule has 3 amide bonds. The largest absolute Gasteiger partial charge is 0.464 e. The molecule has 0 radical (unpaired) electrons. The number of hydrogen-bond donors (Lipinski definition) is 1. The van der Waals surface area contributed by atoms with Crippen LogP contribution in [0.25, 0.3) is 0 Å². The van der Waals surface area contributed by atoms with Gasteiger partial charge in [-0.05, 0) is 43.4 Å². The van der Waals surface area contributed by atoms with Crippen molar-refractivity contribution in [3.8, 4) is 0 Å². The Labute approximate surface area is 137 Å². The van der Waals surface area contributed by atoms with Crippen LogP contribution in [0, 0.1) is 11.3 Å². The van der Waals surface area contributed by atoms with E-state index in [4.69, 9.17) is 4.74 Å². The lowest BCUT2D eigenvalue weighted by Gasteiger charge is -2.40. The monoisotopic (exact) mass is 324 g/mol. The molecule has 0 atom stereocenters. The summed E-state index contributed by atoms with van der Waals surface area (Å²) in [5.74, 6) is -0.263. The molecule has 6 nitrogen and oxygen atoms in total. The minimum Gasteiger partial charge on any atom is -0.464 e. The van der Waals surface area contributed by atoms with Crippen LogP contribution >= 0.6 is 0 Å². The summed E-state index contributed by atoms with van der Waals surface area (Å²) in [6, 6.07) is -0.474. The van der Waals surface area contributed by atoms with Crippen LogP contribution in [0.15, 0.2) is 0 Å². The number of nitrogens with zero attached hydrogens (tertiary/aromatic N) is 1. The number of carbonyl (C=O) groups is 3. The van der Waals surface area contributed by atoms with Gasteiger partial charge in [0, 0.05) is 0 Å². The lowest BCUT2D eigenvalue weighted by molar-refractivity contribution is -0.148.